The quantitative estimate of drug-likeness (QED) is 0.421. The van der Waals surface area contributed by atoms with E-state index in [1.54, 1.807) is 6.07 Å². The van der Waals surface area contributed by atoms with Crippen molar-refractivity contribution in [3.8, 4) is 0 Å². The Balaban J connectivity index is 1.34. The van der Waals surface area contributed by atoms with Crippen LogP contribution in [0.2, 0.25) is 0 Å². The Morgan fingerprint density at radius 1 is 0.946 bits per heavy atom. The van der Waals surface area contributed by atoms with Crippen molar-refractivity contribution >= 4 is 17.8 Å². The van der Waals surface area contributed by atoms with Crippen LogP contribution in [0.3, 0.4) is 0 Å². The molecule has 3 nitrogen and oxygen atoms in total. The Morgan fingerprint density at radius 2 is 1.73 bits per heavy atom. The second-order valence-corrected chi connectivity index (χ2v) is 14.4. The molecule has 5 aliphatic carbocycles. The number of carbonyl (C=O) groups excluding carboxylic acids is 1. The molecule has 4 saturated carbocycles. The van der Waals surface area contributed by atoms with Crippen LogP contribution in [0.1, 0.15) is 108 Å². The van der Waals surface area contributed by atoms with Gasteiger partial charge in [0.1, 0.15) is 12.1 Å². The predicted octanol–water partition coefficient (Wildman–Crippen LogP) is 8.18. The van der Waals surface area contributed by atoms with Gasteiger partial charge >= 0.3 is 5.97 Å². The number of rotatable bonds is 3. The van der Waals surface area contributed by atoms with E-state index in [4.69, 9.17) is 0 Å². The highest BCUT2D eigenvalue weighted by Gasteiger charge is 2.65. The van der Waals surface area contributed by atoms with Crippen LogP contribution in [-0.2, 0) is 4.79 Å². The molecule has 8 unspecified atom stereocenters. The van der Waals surface area contributed by atoms with Gasteiger partial charge in [0.2, 0.25) is 0 Å². The summed E-state index contributed by atoms with van der Waals surface area (Å²) in [5, 5.41) is 9.30. The van der Waals surface area contributed by atoms with Gasteiger partial charge in [-0.25, -0.2) is 9.18 Å². The number of carboxylic acids is 1. The second kappa shape index (κ2) is 8.26. The SMILES string of the molecule is CC1(C)C(c2ccc(C(=O)O)cc2F)=CCC2(C)C1CCC1(C)C3CCC4(C=O)CCCC4C3CCC12. The van der Waals surface area contributed by atoms with Crippen molar-refractivity contribution < 1.29 is 19.1 Å². The number of hydrogen-bond donors (Lipinski definition) is 1. The van der Waals surface area contributed by atoms with E-state index in [0.717, 1.165) is 37.2 Å². The second-order valence-electron chi connectivity index (χ2n) is 14.4. The minimum absolute atomic E-state index is 0.00107. The lowest BCUT2D eigenvalue weighted by Crippen LogP contribution is -2.61. The number of carboxylic acid groups (broad SMARTS) is 1. The minimum atomic E-state index is -1.09. The zero-order valence-electron chi connectivity index (χ0n) is 23.0. The molecular formula is C33H43FO3. The molecular weight excluding hydrogens is 463 g/mol. The molecule has 0 aromatic heterocycles. The topological polar surface area (TPSA) is 54.4 Å². The Morgan fingerprint density at radius 3 is 2.43 bits per heavy atom. The Bertz CT molecular complexity index is 1170. The highest BCUT2D eigenvalue weighted by molar-refractivity contribution is 5.88. The van der Waals surface area contributed by atoms with E-state index in [-0.39, 0.29) is 21.8 Å². The molecule has 5 aliphatic rings. The summed E-state index contributed by atoms with van der Waals surface area (Å²) < 4.78 is 15.2. The molecule has 1 aromatic rings. The van der Waals surface area contributed by atoms with Gasteiger partial charge in [0.25, 0.3) is 0 Å². The number of aromatic carboxylic acids is 1. The van der Waals surface area contributed by atoms with Crippen LogP contribution >= 0.6 is 0 Å². The van der Waals surface area contributed by atoms with Gasteiger partial charge in [-0.05, 0) is 121 Å². The highest BCUT2D eigenvalue weighted by Crippen LogP contribution is 2.73. The van der Waals surface area contributed by atoms with Crippen LogP contribution in [-0.4, -0.2) is 17.4 Å². The summed E-state index contributed by atoms with van der Waals surface area (Å²) in [5.74, 6) is 1.59. The molecule has 37 heavy (non-hydrogen) atoms. The largest absolute Gasteiger partial charge is 0.478 e. The number of halogens is 1. The van der Waals surface area contributed by atoms with Gasteiger partial charge in [-0.2, -0.15) is 0 Å². The fourth-order valence-corrected chi connectivity index (χ4v) is 11.4. The van der Waals surface area contributed by atoms with Crippen LogP contribution in [0.5, 0.6) is 0 Å². The third-order valence-corrected chi connectivity index (χ3v) is 12.9. The van der Waals surface area contributed by atoms with Crippen LogP contribution in [0.25, 0.3) is 5.57 Å². The standard InChI is InChI=1S/C33H43FO3/c1-30(2)23(22-8-7-20(29(36)37)18-26(22)34)11-15-32(4)27(30)13-16-31(3)24-12-17-33(19-35)14-5-6-25(33)21(24)9-10-28(31)32/h7-8,11,18-19,21,24-25,27-28H,5-6,9-10,12-17H2,1-4H3,(H,36,37). The lowest BCUT2D eigenvalue weighted by Gasteiger charge is -2.68. The van der Waals surface area contributed by atoms with Crippen LogP contribution in [0.4, 0.5) is 4.39 Å². The van der Waals surface area contributed by atoms with Crippen molar-refractivity contribution in [3.05, 3.63) is 41.2 Å². The normalized spacial score (nSPS) is 44.0. The van der Waals surface area contributed by atoms with Crippen molar-refractivity contribution in [3.63, 3.8) is 0 Å². The van der Waals surface area contributed by atoms with Gasteiger partial charge < -0.3 is 9.90 Å². The molecule has 200 valence electrons. The minimum Gasteiger partial charge on any atom is -0.478 e. The number of hydrogen-bond acceptors (Lipinski definition) is 2. The van der Waals surface area contributed by atoms with E-state index in [1.165, 1.54) is 56.9 Å². The smallest absolute Gasteiger partial charge is 0.335 e. The van der Waals surface area contributed by atoms with Crippen LogP contribution in [0.15, 0.2) is 24.3 Å². The number of allylic oxidation sites excluding steroid dienone is 2. The van der Waals surface area contributed by atoms with Crippen molar-refractivity contribution in [2.24, 2.45) is 51.2 Å². The van der Waals surface area contributed by atoms with E-state index in [1.807, 2.05) is 0 Å². The number of aldehydes is 1. The summed E-state index contributed by atoms with van der Waals surface area (Å²) in [6, 6.07) is 4.39. The molecule has 4 fully saturated rings. The molecule has 1 aromatic carbocycles. The molecule has 8 atom stereocenters. The maximum Gasteiger partial charge on any atom is 0.335 e. The molecule has 0 radical (unpaired) electrons. The lowest BCUT2D eigenvalue weighted by atomic mass is 9.36. The first-order valence-electron chi connectivity index (χ1n) is 14.7. The van der Waals surface area contributed by atoms with Gasteiger partial charge in [0.15, 0.2) is 0 Å². The maximum absolute atomic E-state index is 15.2. The van der Waals surface area contributed by atoms with E-state index in [2.05, 4.69) is 33.8 Å². The molecule has 6 rings (SSSR count). The zero-order chi connectivity index (χ0) is 26.4. The van der Waals surface area contributed by atoms with E-state index >= 15 is 4.39 Å². The lowest BCUT2D eigenvalue weighted by molar-refractivity contribution is -0.178. The molecule has 0 heterocycles. The van der Waals surface area contributed by atoms with Crippen LogP contribution < -0.4 is 0 Å². The van der Waals surface area contributed by atoms with E-state index in [9.17, 15) is 14.7 Å². The van der Waals surface area contributed by atoms with Gasteiger partial charge in [-0.15, -0.1) is 0 Å². The summed E-state index contributed by atoms with van der Waals surface area (Å²) in [7, 11) is 0. The maximum atomic E-state index is 15.2. The highest BCUT2D eigenvalue weighted by atomic mass is 19.1. The van der Waals surface area contributed by atoms with Crippen molar-refractivity contribution in [2.45, 2.75) is 91.9 Å². The molecule has 4 heteroatoms. The number of carbonyl (C=O) groups is 2. The Kier molecular flexibility index (Phi) is 5.65. The van der Waals surface area contributed by atoms with Crippen molar-refractivity contribution in [1.29, 1.82) is 0 Å². The zero-order valence-corrected chi connectivity index (χ0v) is 23.0. The average molecular weight is 507 g/mol. The fraction of sp³-hybridized carbons (Fsp3) is 0.697. The molecule has 0 amide bonds. The van der Waals surface area contributed by atoms with E-state index in [0.29, 0.717) is 34.7 Å². The first kappa shape index (κ1) is 25.3. The predicted molar refractivity (Wildman–Crippen MR) is 143 cm³/mol. The summed E-state index contributed by atoms with van der Waals surface area (Å²) in [6.45, 7) is 9.69. The molecule has 0 bridgehead atoms. The van der Waals surface area contributed by atoms with Crippen molar-refractivity contribution in [1.82, 2.24) is 0 Å². The monoisotopic (exact) mass is 506 g/mol. The molecule has 0 saturated heterocycles. The Labute approximate surface area is 221 Å². The first-order valence-corrected chi connectivity index (χ1v) is 14.7. The summed E-state index contributed by atoms with van der Waals surface area (Å²) >= 11 is 0. The summed E-state index contributed by atoms with van der Waals surface area (Å²) in [5.41, 5.74) is 1.85. The van der Waals surface area contributed by atoms with Crippen molar-refractivity contribution in [2.75, 3.05) is 0 Å². The first-order chi connectivity index (χ1) is 17.5. The number of benzene rings is 1. The molecule has 1 N–H and O–H groups in total. The summed E-state index contributed by atoms with van der Waals surface area (Å²) in [6.07, 6.45) is 15.3. The number of fused-ring (bicyclic) bond motifs is 7. The fourth-order valence-electron chi connectivity index (χ4n) is 11.4. The van der Waals surface area contributed by atoms with Gasteiger partial charge in [-0.3, -0.25) is 0 Å². The van der Waals surface area contributed by atoms with Gasteiger partial charge in [-0.1, -0.05) is 46.3 Å². The van der Waals surface area contributed by atoms with Gasteiger partial charge in [0.05, 0.1) is 5.56 Å². The Hall–Kier alpha value is -1.97. The van der Waals surface area contributed by atoms with Gasteiger partial charge in [0, 0.05) is 11.0 Å². The third kappa shape index (κ3) is 3.35. The average Bonchev–Trinajstić information content (AvgIpc) is 3.29. The van der Waals surface area contributed by atoms with Crippen LogP contribution in [0, 0.1) is 57.1 Å². The summed E-state index contributed by atoms with van der Waals surface area (Å²) in [4.78, 5) is 23.6. The van der Waals surface area contributed by atoms with E-state index < -0.39 is 11.8 Å². The third-order valence-electron chi connectivity index (χ3n) is 12.9. The molecule has 0 spiro atoms. The molecule has 0 aliphatic heterocycles.